The number of carbonyl (C=O) groups excluding carboxylic acids is 1. The first-order valence-corrected chi connectivity index (χ1v) is 5.38. The lowest BCUT2D eigenvalue weighted by Gasteiger charge is -2.37. The van der Waals surface area contributed by atoms with E-state index < -0.39 is 22.0 Å². The molecule has 2 nitrogen and oxygen atoms in total. The van der Waals surface area contributed by atoms with E-state index in [2.05, 4.69) is 4.18 Å². The van der Waals surface area contributed by atoms with Crippen molar-refractivity contribution in [2.24, 2.45) is 0 Å². The summed E-state index contributed by atoms with van der Waals surface area (Å²) in [4.78, 5) is 10.7. The predicted molar refractivity (Wildman–Crippen MR) is 45.0 cm³/mol. The maximum absolute atomic E-state index is 11.7. The Balaban J connectivity index is 2.93. The molecule has 0 amide bonds. The van der Waals surface area contributed by atoms with Gasteiger partial charge >= 0.3 is 16.5 Å². The van der Waals surface area contributed by atoms with Crippen molar-refractivity contribution in [1.82, 2.24) is 0 Å². The number of halogens is 5. The van der Waals surface area contributed by atoms with Crippen LogP contribution in [0.15, 0.2) is 30.3 Å². The largest absolute Gasteiger partial charge is 0.438 e. The van der Waals surface area contributed by atoms with E-state index in [9.17, 15) is 24.2 Å². The van der Waals surface area contributed by atoms with Crippen LogP contribution in [0, 0.1) is 0 Å². The van der Waals surface area contributed by atoms with E-state index in [0.717, 1.165) is 12.1 Å². The average Bonchev–Trinajstić information content (AvgIpc) is 2.00. The summed E-state index contributed by atoms with van der Waals surface area (Å²) in [5, 5.41) is 0. The lowest BCUT2D eigenvalue weighted by molar-refractivity contribution is 0.0622. The lowest BCUT2D eigenvalue weighted by atomic mass is 10.2. The average molecular weight is 248 g/mol. The van der Waals surface area contributed by atoms with Gasteiger partial charge in [0.25, 0.3) is 0 Å². The summed E-state index contributed by atoms with van der Waals surface area (Å²) in [5.74, 6) is -2.12. The summed E-state index contributed by atoms with van der Waals surface area (Å²) in [6.07, 6.45) is 0. The summed E-state index contributed by atoms with van der Waals surface area (Å²) in [6.45, 7) is 0. The van der Waals surface area contributed by atoms with E-state index in [4.69, 9.17) is 0 Å². The molecule has 0 spiro atoms. The second-order valence-corrected chi connectivity index (χ2v) is 4.60. The van der Waals surface area contributed by atoms with Crippen LogP contribution in [0.1, 0.15) is 10.4 Å². The molecular weight excluding hydrogens is 243 g/mol. The van der Waals surface area contributed by atoms with Crippen molar-refractivity contribution in [3.8, 4) is 0 Å². The zero-order valence-electron chi connectivity index (χ0n) is 7.00. The van der Waals surface area contributed by atoms with E-state index in [1.165, 1.54) is 18.2 Å². The molecule has 0 radical (unpaired) electrons. The maximum Gasteiger partial charge on any atom is 0.438 e. The number of rotatable bonds is 2. The van der Waals surface area contributed by atoms with Gasteiger partial charge in [-0.3, -0.25) is 0 Å². The summed E-state index contributed by atoms with van der Waals surface area (Å²) >= 11 is 0. The van der Waals surface area contributed by atoms with E-state index in [0.29, 0.717) is 0 Å². The van der Waals surface area contributed by atoms with Crippen LogP contribution in [-0.2, 0) is 4.18 Å². The van der Waals surface area contributed by atoms with Crippen LogP contribution in [0.5, 0.6) is 0 Å². The van der Waals surface area contributed by atoms with Crippen molar-refractivity contribution in [1.29, 1.82) is 0 Å². The zero-order valence-corrected chi connectivity index (χ0v) is 7.82. The SMILES string of the molecule is O=C(OS(F)(F)(F)(F)F)c1ccccc1. The fourth-order valence-corrected chi connectivity index (χ4v) is 1.15. The van der Waals surface area contributed by atoms with Gasteiger partial charge in [-0.1, -0.05) is 37.6 Å². The molecule has 0 aliphatic heterocycles. The Labute approximate surface area is 81.6 Å². The van der Waals surface area contributed by atoms with Gasteiger partial charge in [0.2, 0.25) is 0 Å². The topological polar surface area (TPSA) is 26.3 Å². The molecule has 0 heterocycles. The van der Waals surface area contributed by atoms with Gasteiger partial charge in [-0.05, 0) is 12.1 Å². The number of hydrogen-bond donors (Lipinski definition) is 0. The standard InChI is InChI=1S/C7H5F5O2S/c8-15(9,10,11,12)14-7(13)6-4-2-1-3-5-6/h1-5H. The van der Waals surface area contributed by atoms with Gasteiger partial charge in [0, 0.05) is 0 Å². The molecule has 0 bridgehead atoms. The molecule has 86 valence electrons. The first-order valence-electron chi connectivity index (χ1n) is 3.51. The van der Waals surface area contributed by atoms with E-state index in [-0.39, 0.29) is 0 Å². The Hall–Kier alpha value is -1.31. The fourth-order valence-electron chi connectivity index (χ4n) is 0.765. The third kappa shape index (κ3) is 4.63. The van der Waals surface area contributed by atoms with Crippen molar-refractivity contribution < 1.29 is 28.4 Å². The Kier molecular flexibility index (Phi) is 2.06. The van der Waals surface area contributed by atoms with Crippen LogP contribution in [0.3, 0.4) is 0 Å². The summed E-state index contributed by atoms with van der Waals surface area (Å²) in [5.41, 5.74) is -0.592. The van der Waals surface area contributed by atoms with Crippen molar-refractivity contribution in [2.75, 3.05) is 0 Å². The van der Waals surface area contributed by atoms with E-state index in [1.54, 1.807) is 0 Å². The molecule has 0 atom stereocenters. The summed E-state index contributed by atoms with van der Waals surface area (Å²) < 4.78 is 60.9. The van der Waals surface area contributed by atoms with Gasteiger partial charge in [-0.15, -0.1) is 0 Å². The van der Waals surface area contributed by atoms with Gasteiger partial charge in [0.15, 0.2) is 0 Å². The summed E-state index contributed by atoms with van der Waals surface area (Å²) in [7, 11) is -10.1. The lowest BCUT2D eigenvalue weighted by Crippen LogP contribution is -2.16. The predicted octanol–water partition coefficient (Wildman–Crippen LogP) is 4.06. The minimum Gasteiger partial charge on any atom is -0.313 e. The summed E-state index contributed by atoms with van der Waals surface area (Å²) in [6, 6.07) is 5.73. The Morgan fingerprint density at radius 2 is 1.47 bits per heavy atom. The minimum atomic E-state index is -10.1. The third-order valence-corrected chi connectivity index (χ3v) is 1.71. The molecule has 1 rings (SSSR count). The Bertz CT molecular complexity index is 384. The van der Waals surface area contributed by atoms with Gasteiger partial charge in [-0.2, -0.15) is 0 Å². The first-order chi connectivity index (χ1) is 6.47. The molecule has 0 fully saturated rings. The van der Waals surface area contributed by atoms with Crippen LogP contribution >= 0.6 is 10.5 Å². The minimum absolute atomic E-state index is 0.592. The molecule has 0 aliphatic rings. The third-order valence-electron chi connectivity index (χ3n) is 1.24. The number of benzene rings is 1. The second kappa shape index (κ2) is 2.63. The zero-order chi connectivity index (χ0) is 11.8. The van der Waals surface area contributed by atoms with E-state index in [1.807, 2.05) is 0 Å². The highest BCUT2D eigenvalue weighted by Crippen LogP contribution is 2.98. The van der Waals surface area contributed by atoms with Gasteiger partial charge in [-0.25, -0.2) is 4.79 Å². The molecule has 0 saturated heterocycles. The van der Waals surface area contributed by atoms with Crippen molar-refractivity contribution in [3.63, 3.8) is 0 Å². The van der Waals surface area contributed by atoms with Crippen molar-refractivity contribution in [3.05, 3.63) is 35.9 Å². The van der Waals surface area contributed by atoms with Gasteiger partial charge < -0.3 is 4.18 Å². The van der Waals surface area contributed by atoms with Crippen LogP contribution < -0.4 is 0 Å². The molecule has 0 unspecified atom stereocenters. The number of hydrogen-bond acceptors (Lipinski definition) is 2. The second-order valence-electron chi connectivity index (χ2n) is 2.63. The molecule has 15 heavy (non-hydrogen) atoms. The molecule has 1 aromatic rings. The number of carbonyl (C=O) groups is 1. The molecular formula is C7H5F5O2S. The maximum atomic E-state index is 11.7. The molecule has 1 aromatic carbocycles. The van der Waals surface area contributed by atoms with Gasteiger partial charge in [0.05, 0.1) is 5.56 Å². The first kappa shape index (κ1) is 11.8. The van der Waals surface area contributed by atoms with Crippen LogP contribution in [-0.4, -0.2) is 5.97 Å². The van der Waals surface area contributed by atoms with E-state index >= 15 is 0 Å². The molecule has 0 saturated carbocycles. The highest BCUT2D eigenvalue weighted by Gasteiger charge is 2.68. The molecule has 8 heteroatoms. The highest BCUT2D eigenvalue weighted by atomic mass is 32.5. The molecule has 0 aliphatic carbocycles. The van der Waals surface area contributed by atoms with Gasteiger partial charge in [0.1, 0.15) is 0 Å². The molecule has 0 aromatic heterocycles. The Morgan fingerprint density at radius 3 is 1.87 bits per heavy atom. The van der Waals surface area contributed by atoms with Crippen molar-refractivity contribution in [2.45, 2.75) is 0 Å². The highest BCUT2D eigenvalue weighted by molar-refractivity contribution is 8.42. The van der Waals surface area contributed by atoms with Crippen LogP contribution in [0.2, 0.25) is 0 Å². The fraction of sp³-hybridized carbons (Fsp3) is 0. The normalized spacial score (nSPS) is 16.3. The molecule has 0 N–H and O–H groups in total. The van der Waals surface area contributed by atoms with Crippen LogP contribution in [0.25, 0.3) is 0 Å². The quantitative estimate of drug-likeness (QED) is 0.738. The van der Waals surface area contributed by atoms with Crippen LogP contribution in [0.4, 0.5) is 19.4 Å². The smallest absolute Gasteiger partial charge is 0.313 e. The monoisotopic (exact) mass is 248 g/mol. The van der Waals surface area contributed by atoms with Crippen molar-refractivity contribution >= 4 is 16.5 Å². The Morgan fingerprint density at radius 1 is 1.00 bits per heavy atom.